The van der Waals surface area contributed by atoms with E-state index in [1.165, 1.54) is 4.57 Å². The molecule has 166 valence electrons. The maximum absolute atomic E-state index is 12.7. The van der Waals surface area contributed by atoms with Gasteiger partial charge in [0.05, 0.1) is 5.56 Å². The molecule has 2 N–H and O–H groups in total. The number of para-hydroxylation sites is 1. The third-order valence-corrected chi connectivity index (χ3v) is 5.17. The van der Waals surface area contributed by atoms with Crippen LogP contribution >= 0.6 is 0 Å². The summed E-state index contributed by atoms with van der Waals surface area (Å²) >= 11 is 0. The van der Waals surface area contributed by atoms with Gasteiger partial charge in [-0.1, -0.05) is 38.8 Å². The minimum atomic E-state index is -0.509. The second kappa shape index (κ2) is 10.1. The molecule has 0 fully saturated rings. The minimum Gasteiger partial charge on any atom is -0.454 e. The van der Waals surface area contributed by atoms with E-state index >= 15 is 0 Å². The van der Waals surface area contributed by atoms with Crippen LogP contribution < -0.4 is 16.6 Å². The van der Waals surface area contributed by atoms with Crippen molar-refractivity contribution in [2.24, 2.45) is 7.05 Å². The number of fused-ring (bicyclic) bond motifs is 1. The number of nitrogens with zero attached hydrogens (tertiary/aromatic N) is 3. The molecule has 0 saturated heterocycles. The molecule has 31 heavy (non-hydrogen) atoms. The van der Waals surface area contributed by atoms with E-state index in [0.717, 1.165) is 37.9 Å². The van der Waals surface area contributed by atoms with Crippen molar-refractivity contribution in [2.45, 2.75) is 52.7 Å². The summed E-state index contributed by atoms with van der Waals surface area (Å²) in [5.74, 6) is -0.0925. The molecular weight excluding hydrogens is 398 g/mol. The number of carbonyl (C=O) groups excluding carboxylic acids is 1. The van der Waals surface area contributed by atoms with Crippen molar-refractivity contribution in [1.29, 1.82) is 0 Å². The van der Waals surface area contributed by atoms with Gasteiger partial charge >= 0.3 is 11.7 Å². The Morgan fingerprint density at radius 1 is 1.16 bits per heavy atom. The predicted octanol–water partition coefficient (Wildman–Crippen LogP) is 2.79. The first-order valence-electron chi connectivity index (χ1n) is 10.7. The molecule has 0 spiro atoms. The van der Waals surface area contributed by atoms with Crippen molar-refractivity contribution in [3.05, 3.63) is 56.5 Å². The lowest BCUT2D eigenvalue weighted by Gasteiger charge is -2.11. The highest BCUT2D eigenvalue weighted by Crippen LogP contribution is 2.18. The quantitative estimate of drug-likeness (QED) is 0.380. The second-order valence-electron chi connectivity index (χ2n) is 7.43. The van der Waals surface area contributed by atoms with Crippen LogP contribution in [0.25, 0.3) is 11.2 Å². The third kappa shape index (κ3) is 4.87. The molecule has 2 heterocycles. The highest BCUT2D eigenvalue weighted by Gasteiger charge is 2.18. The second-order valence-corrected chi connectivity index (χ2v) is 7.43. The van der Waals surface area contributed by atoms with Crippen LogP contribution in [0.2, 0.25) is 0 Å². The number of H-pyrrole nitrogens is 1. The maximum atomic E-state index is 12.7. The van der Waals surface area contributed by atoms with Crippen LogP contribution in [0.4, 0.5) is 5.69 Å². The Balaban J connectivity index is 1.84. The highest BCUT2D eigenvalue weighted by atomic mass is 16.5. The van der Waals surface area contributed by atoms with Crippen LogP contribution in [-0.4, -0.2) is 31.6 Å². The summed E-state index contributed by atoms with van der Waals surface area (Å²) in [4.78, 5) is 44.1. The fraction of sp³-hybridized carbons (Fsp3) is 0.455. The first-order valence-corrected chi connectivity index (χ1v) is 10.7. The van der Waals surface area contributed by atoms with Gasteiger partial charge in [0.15, 0.2) is 11.2 Å². The van der Waals surface area contributed by atoms with E-state index in [-0.39, 0.29) is 12.1 Å². The number of ether oxygens (including phenoxy) is 1. The highest BCUT2D eigenvalue weighted by molar-refractivity contribution is 5.95. The van der Waals surface area contributed by atoms with Gasteiger partial charge in [-0.25, -0.2) is 14.6 Å². The van der Waals surface area contributed by atoms with Gasteiger partial charge in [-0.05, 0) is 25.0 Å². The van der Waals surface area contributed by atoms with Gasteiger partial charge in [0.1, 0.15) is 12.4 Å². The number of carbonyl (C=O) groups is 1. The molecule has 3 rings (SSSR count). The summed E-state index contributed by atoms with van der Waals surface area (Å²) in [7, 11) is 1.67. The fourth-order valence-corrected chi connectivity index (χ4v) is 3.37. The Morgan fingerprint density at radius 3 is 2.65 bits per heavy atom. The molecule has 0 aliphatic heterocycles. The molecule has 0 aliphatic rings. The Labute approximate surface area is 180 Å². The van der Waals surface area contributed by atoms with Crippen LogP contribution in [0.3, 0.4) is 0 Å². The van der Waals surface area contributed by atoms with Crippen molar-refractivity contribution >= 4 is 22.8 Å². The largest absolute Gasteiger partial charge is 0.454 e. The van der Waals surface area contributed by atoms with Crippen LogP contribution in [0.5, 0.6) is 0 Å². The zero-order valence-electron chi connectivity index (χ0n) is 18.2. The first kappa shape index (κ1) is 22.3. The van der Waals surface area contributed by atoms with E-state index in [1.807, 2.05) is 19.1 Å². The van der Waals surface area contributed by atoms with Crippen molar-refractivity contribution in [2.75, 3.05) is 11.9 Å². The average molecular weight is 428 g/mol. The molecular formula is C22H29N5O4. The van der Waals surface area contributed by atoms with Gasteiger partial charge in [-0.2, -0.15) is 0 Å². The van der Waals surface area contributed by atoms with Gasteiger partial charge in [0.25, 0.3) is 5.56 Å². The fourth-order valence-electron chi connectivity index (χ4n) is 3.37. The summed E-state index contributed by atoms with van der Waals surface area (Å²) < 4.78 is 8.52. The number of aromatic nitrogens is 4. The Bertz CT molecular complexity index is 1170. The van der Waals surface area contributed by atoms with E-state index in [9.17, 15) is 14.4 Å². The van der Waals surface area contributed by atoms with Crippen LogP contribution in [0, 0.1) is 0 Å². The molecule has 0 aliphatic carbocycles. The summed E-state index contributed by atoms with van der Waals surface area (Å²) in [6.45, 7) is 5.23. The van der Waals surface area contributed by atoms with E-state index in [1.54, 1.807) is 23.7 Å². The minimum absolute atomic E-state index is 0.116. The van der Waals surface area contributed by atoms with Crippen molar-refractivity contribution in [3.63, 3.8) is 0 Å². The number of hydrogen-bond donors (Lipinski definition) is 2. The van der Waals surface area contributed by atoms with Crippen molar-refractivity contribution in [1.82, 2.24) is 19.1 Å². The zero-order chi connectivity index (χ0) is 22.4. The normalized spacial score (nSPS) is 11.1. The molecule has 0 unspecified atom stereocenters. The number of aryl methyl sites for hydroxylation is 2. The number of aromatic amines is 1. The first-order chi connectivity index (χ1) is 15.0. The molecule has 0 amide bonds. The van der Waals surface area contributed by atoms with Gasteiger partial charge in [-0.3, -0.25) is 14.3 Å². The van der Waals surface area contributed by atoms with E-state index in [4.69, 9.17) is 4.74 Å². The number of esters is 1. The molecule has 0 bridgehead atoms. The lowest BCUT2D eigenvalue weighted by molar-refractivity contribution is 0.0461. The SMILES string of the molecule is CCCCNc1ccccc1C(=O)OCc1nc2c(c(=O)[nH]c(=O)n2CCCC)n1C. The predicted molar refractivity (Wildman–Crippen MR) is 119 cm³/mol. The Kier molecular flexibility index (Phi) is 7.28. The number of rotatable bonds is 10. The Hall–Kier alpha value is -3.36. The van der Waals surface area contributed by atoms with E-state index in [0.29, 0.717) is 23.6 Å². The molecule has 0 atom stereocenters. The smallest absolute Gasteiger partial charge is 0.340 e. The molecule has 9 nitrogen and oxygen atoms in total. The van der Waals surface area contributed by atoms with Gasteiger partial charge in [0, 0.05) is 25.8 Å². The van der Waals surface area contributed by atoms with Gasteiger partial charge in [0.2, 0.25) is 0 Å². The van der Waals surface area contributed by atoms with Gasteiger partial charge in [-0.15, -0.1) is 0 Å². The lowest BCUT2D eigenvalue weighted by atomic mass is 10.1. The number of unbranched alkanes of at least 4 members (excludes halogenated alkanes) is 2. The van der Waals surface area contributed by atoms with Crippen molar-refractivity contribution < 1.29 is 9.53 Å². The molecule has 0 radical (unpaired) electrons. The number of imidazole rings is 1. The summed E-state index contributed by atoms with van der Waals surface area (Å²) in [6.07, 6.45) is 3.73. The maximum Gasteiger partial charge on any atom is 0.340 e. The molecule has 1 aromatic carbocycles. The van der Waals surface area contributed by atoms with E-state index in [2.05, 4.69) is 22.2 Å². The van der Waals surface area contributed by atoms with Crippen LogP contribution in [-0.2, 0) is 24.9 Å². The zero-order valence-corrected chi connectivity index (χ0v) is 18.2. The summed E-state index contributed by atoms with van der Waals surface area (Å²) in [5.41, 5.74) is 0.747. The number of hydrogen-bond acceptors (Lipinski definition) is 6. The summed E-state index contributed by atoms with van der Waals surface area (Å²) in [5, 5.41) is 3.26. The topological polar surface area (TPSA) is 111 Å². The number of nitrogens with one attached hydrogen (secondary N) is 2. The lowest BCUT2D eigenvalue weighted by Crippen LogP contribution is -2.31. The molecule has 0 saturated carbocycles. The number of anilines is 1. The monoisotopic (exact) mass is 427 g/mol. The number of benzene rings is 1. The Morgan fingerprint density at radius 2 is 1.90 bits per heavy atom. The third-order valence-electron chi connectivity index (χ3n) is 5.17. The standard InChI is InChI=1S/C22H29N5O4/c1-4-6-12-23-16-11-9-8-10-15(16)21(29)31-14-17-24-19-18(26(17)3)20(28)25-22(30)27(19)13-7-5-2/h8-11,23H,4-7,12-14H2,1-3H3,(H,25,28,30). The summed E-state index contributed by atoms with van der Waals surface area (Å²) in [6, 6.07) is 7.19. The van der Waals surface area contributed by atoms with Crippen molar-refractivity contribution in [3.8, 4) is 0 Å². The average Bonchev–Trinajstić information content (AvgIpc) is 3.09. The molecule has 3 aromatic rings. The molecule has 9 heteroatoms. The van der Waals surface area contributed by atoms with E-state index < -0.39 is 17.2 Å². The van der Waals surface area contributed by atoms with Crippen LogP contribution in [0.1, 0.15) is 55.7 Å². The molecule has 2 aromatic heterocycles. The van der Waals surface area contributed by atoms with Crippen LogP contribution in [0.15, 0.2) is 33.9 Å². The van der Waals surface area contributed by atoms with Gasteiger partial charge < -0.3 is 14.6 Å².